The van der Waals surface area contributed by atoms with Gasteiger partial charge in [0.2, 0.25) is 5.89 Å². The zero-order valence-electron chi connectivity index (χ0n) is 8.53. The molecule has 2 N–H and O–H groups in total. The van der Waals surface area contributed by atoms with Crippen LogP contribution in [-0.2, 0) is 17.8 Å². The quantitative estimate of drug-likeness (QED) is 0.660. The van der Waals surface area contributed by atoms with Gasteiger partial charge in [-0.25, -0.2) is 0 Å². The average Bonchev–Trinajstić information content (AvgIpc) is 2.63. The van der Waals surface area contributed by atoms with Crippen LogP contribution in [0.2, 0.25) is 0 Å². The Balaban J connectivity index is 2.27. The number of nitrogens with zero attached hydrogens (tertiary/aromatic N) is 2. The van der Waals surface area contributed by atoms with Gasteiger partial charge in [-0.05, 0) is 19.4 Å². The van der Waals surface area contributed by atoms with E-state index in [0.29, 0.717) is 24.9 Å². The van der Waals surface area contributed by atoms with E-state index in [2.05, 4.69) is 17.1 Å². The molecule has 5 heteroatoms. The van der Waals surface area contributed by atoms with Crippen LogP contribution in [-0.4, -0.2) is 23.3 Å². The van der Waals surface area contributed by atoms with Gasteiger partial charge in [-0.15, -0.1) is 0 Å². The van der Waals surface area contributed by atoms with E-state index in [1.807, 2.05) is 0 Å². The molecule has 0 amide bonds. The van der Waals surface area contributed by atoms with E-state index in [0.717, 1.165) is 25.9 Å². The smallest absolute Gasteiger partial charge is 0.226 e. The molecule has 0 aromatic carbocycles. The molecule has 1 rings (SSSR count). The third-order valence-corrected chi connectivity index (χ3v) is 1.68. The fraction of sp³-hybridized carbons (Fsp3) is 0.778. The van der Waals surface area contributed by atoms with Gasteiger partial charge >= 0.3 is 0 Å². The third-order valence-electron chi connectivity index (χ3n) is 1.68. The highest BCUT2D eigenvalue weighted by Crippen LogP contribution is 2.01. The van der Waals surface area contributed by atoms with Crippen LogP contribution in [0.4, 0.5) is 0 Å². The lowest BCUT2D eigenvalue weighted by atomic mass is 10.3. The summed E-state index contributed by atoms with van der Waals surface area (Å²) in [5.74, 6) is 1.26. The van der Waals surface area contributed by atoms with Gasteiger partial charge < -0.3 is 15.0 Å². The Morgan fingerprint density at radius 1 is 1.50 bits per heavy atom. The molecular formula is C9H17N3O2. The van der Waals surface area contributed by atoms with Crippen LogP contribution in [0.25, 0.3) is 0 Å². The zero-order valence-corrected chi connectivity index (χ0v) is 8.53. The molecule has 0 radical (unpaired) electrons. The molecule has 0 unspecified atom stereocenters. The second-order valence-corrected chi connectivity index (χ2v) is 3.05. The van der Waals surface area contributed by atoms with E-state index in [-0.39, 0.29) is 0 Å². The van der Waals surface area contributed by atoms with Gasteiger partial charge in [0.15, 0.2) is 5.82 Å². The van der Waals surface area contributed by atoms with Crippen LogP contribution in [0.5, 0.6) is 0 Å². The first kappa shape index (κ1) is 11.1. The average molecular weight is 199 g/mol. The molecule has 0 spiro atoms. The highest BCUT2D eigenvalue weighted by Gasteiger charge is 2.04. The van der Waals surface area contributed by atoms with Crippen LogP contribution in [0.1, 0.15) is 31.5 Å². The lowest BCUT2D eigenvalue weighted by Crippen LogP contribution is -2.00. The summed E-state index contributed by atoms with van der Waals surface area (Å²) in [5, 5.41) is 3.79. The predicted molar refractivity (Wildman–Crippen MR) is 51.6 cm³/mol. The Hall–Kier alpha value is -0.940. The Morgan fingerprint density at radius 2 is 2.36 bits per heavy atom. The summed E-state index contributed by atoms with van der Waals surface area (Å²) in [5.41, 5.74) is 5.37. The molecule has 0 saturated heterocycles. The second kappa shape index (κ2) is 6.50. The van der Waals surface area contributed by atoms with Crippen molar-refractivity contribution in [1.29, 1.82) is 0 Å². The molecule has 5 nitrogen and oxygen atoms in total. The van der Waals surface area contributed by atoms with Crippen molar-refractivity contribution >= 4 is 0 Å². The molecule has 1 aromatic rings. The number of rotatable bonds is 7. The Labute approximate surface area is 83.6 Å². The van der Waals surface area contributed by atoms with Crippen molar-refractivity contribution in [3.05, 3.63) is 11.7 Å². The summed E-state index contributed by atoms with van der Waals surface area (Å²) in [6, 6.07) is 0. The maximum atomic E-state index is 5.37. The highest BCUT2D eigenvalue weighted by atomic mass is 16.5. The Morgan fingerprint density at radius 3 is 3.07 bits per heavy atom. The minimum Gasteiger partial charge on any atom is -0.373 e. The van der Waals surface area contributed by atoms with E-state index < -0.39 is 0 Å². The number of aryl methyl sites for hydroxylation is 1. The number of aromatic nitrogens is 2. The van der Waals surface area contributed by atoms with Gasteiger partial charge in [0.1, 0.15) is 6.61 Å². The molecule has 1 aromatic heterocycles. The summed E-state index contributed by atoms with van der Waals surface area (Å²) in [6.07, 6.45) is 2.62. The summed E-state index contributed by atoms with van der Waals surface area (Å²) >= 11 is 0. The first-order valence-corrected chi connectivity index (χ1v) is 4.96. The lowest BCUT2D eigenvalue weighted by molar-refractivity contribution is 0.114. The molecule has 0 atom stereocenters. The fourth-order valence-electron chi connectivity index (χ4n) is 1.01. The van der Waals surface area contributed by atoms with Crippen molar-refractivity contribution in [1.82, 2.24) is 10.1 Å². The predicted octanol–water partition coefficient (Wildman–Crippen LogP) is 0.887. The van der Waals surface area contributed by atoms with Crippen LogP contribution in [0.15, 0.2) is 4.52 Å². The zero-order chi connectivity index (χ0) is 10.2. The van der Waals surface area contributed by atoms with E-state index in [1.54, 1.807) is 0 Å². The topological polar surface area (TPSA) is 74.2 Å². The second-order valence-electron chi connectivity index (χ2n) is 3.05. The third kappa shape index (κ3) is 3.85. The van der Waals surface area contributed by atoms with Crippen molar-refractivity contribution in [2.45, 2.75) is 32.8 Å². The van der Waals surface area contributed by atoms with Crippen LogP contribution in [0.3, 0.4) is 0 Å². The molecule has 0 aliphatic carbocycles. The molecule has 1 heterocycles. The van der Waals surface area contributed by atoms with E-state index in [1.165, 1.54) is 0 Å². The van der Waals surface area contributed by atoms with Gasteiger partial charge in [-0.1, -0.05) is 12.1 Å². The maximum absolute atomic E-state index is 5.37. The lowest BCUT2D eigenvalue weighted by Gasteiger charge is -1.95. The molecule has 80 valence electrons. The van der Waals surface area contributed by atoms with Crippen molar-refractivity contribution in [2.24, 2.45) is 5.73 Å². The number of ether oxygens (including phenoxy) is 1. The molecule has 0 aliphatic rings. The van der Waals surface area contributed by atoms with E-state index in [9.17, 15) is 0 Å². The number of hydrogen-bond donors (Lipinski definition) is 1. The largest absolute Gasteiger partial charge is 0.373 e. The number of hydrogen-bond acceptors (Lipinski definition) is 5. The Kier molecular flexibility index (Phi) is 5.17. The normalized spacial score (nSPS) is 10.7. The standard InChI is InChI=1S/C9H17N3O2/c1-2-6-13-7-8-11-9(14-12-8)4-3-5-10/h2-7,10H2,1H3. The van der Waals surface area contributed by atoms with Crippen LogP contribution < -0.4 is 5.73 Å². The van der Waals surface area contributed by atoms with Crippen molar-refractivity contribution < 1.29 is 9.26 Å². The monoisotopic (exact) mass is 199 g/mol. The summed E-state index contributed by atoms with van der Waals surface area (Å²) in [4.78, 5) is 4.16. The van der Waals surface area contributed by atoms with Crippen molar-refractivity contribution in [2.75, 3.05) is 13.2 Å². The Bertz CT molecular complexity index is 250. The molecule has 0 aliphatic heterocycles. The van der Waals surface area contributed by atoms with E-state index in [4.69, 9.17) is 15.0 Å². The summed E-state index contributed by atoms with van der Waals surface area (Å²) < 4.78 is 10.3. The van der Waals surface area contributed by atoms with Gasteiger partial charge in [-0.2, -0.15) is 4.98 Å². The molecule has 0 fully saturated rings. The van der Waals surface area contributed by atoms with E-state index >= 15 is 0 Å². The minimum absolute atomic E-state index is 0.431. The first-order valence-electron chi connectivity index (χ1n) is 4.96. The minimum atomic E-state index is 0.431. The van der Waals surface area contributed by atoms with Gasteiger partial charge in [0, 0.05) is 13.0 Å². The van der Waals surface area contributed by atoms with Crippen molar-refractivity contribution in [3.63, 3.8) is 0 Å². The van der Waals surface area contributed by atoms with Gasteiger partial charge in [0.25, 0.3) is 0 Å². The van der Waals surface area contributed by atoms with Crippen LogP contribution >= 0.6 is 0 Å². The highest BCUT2D eigenvalue weighted by molar-refractivity contribution is 4.84. The number of nitrogens with two attached hydrogens (primary N) is 1. The summed E-state index contributed by atoms with van der Waals surface area (Å²) in [6.45, 7) is 3.86. The van der Waals surface area contributed by atoms with Crippen LogP contribution in [0, 0.1) is 0 Å². The first-order chi connectivity index (χ1) is 6.86. The van der Waals surface area contributed by atoms with Crippen molar-refractivity contribution in [3.8, 4) is 0 Å². The fourth-order valence-corrected chi connectivity index (χ4v) is 1.01. The SMILES string of the molecule is CCCOCc1noc(CCCN)n1. The molecule has 0 bridgehead atoms. The van der Waals surface area contributed by atoms with Gasteiger partial charge in [-0.3, -0.25) is 0 Å². The molecule has 14 heavy (non-hydrogen) atoms. The maximum Gasteiger partial charge on any atom is 0.226 e. The molecule has 0 saturated carbocycles. The summed E-state index contributed by atoms with van der Waals surface area (Å²) in [7, 11) is 0. The van der Waals surface area contributed by atoms with Gasteiger partial charge in [0.05, 0.1) is 0 Å². The molecular weight excluding hydrogens is 182 g/mol.